The zero-order valence-electron chi connectivity index (χ0n) is 10.9. The maximum absolute atomic E-state index is 8.50. The first-order valence-corrected chi connectivity index (χ1v) is 5.64. The predicted molar refractivity (Wildman–Crippen MR) is 65.5 cm³/mol. The van der Waals surface area contributed by atoms with Crippen LogP contribution in [0, 0.1) is 20.8 Å². The SMILES string of the molecule is C[n+]1ccn(CCO)c1.Cc1nc(C)c(C)[nH]1. The molecule has 2 aromatic heterocycles. The van der Waals surface area contributed by atoms with E-state index in [0.717, 1.165) is 11.5 Å². The van der Waals surface area contributed by atoms with E-state index in [2.05, 4.69) is 9.97 Å². The van der Waals surface area contributed by atoms with Crippen molar-refractivity contribution < 1.29 is 9.67 Å². The molecular formula is C12H21N4O+. The van der Waals surface area contributed by atoms with Crippen molar-refractivity contribution in [3.63, 3.8) is 0 Å². The van der Waals surface area contributed by atoms with Crippen molar-refractivity contribution >= 4 is 0 Å². The van der Waals surface area contributed by atoms with Crippen molar-refractivity contribution in [2.24, 2.45) is 7.05 Å². The topological polar surface area (TPSA) is 57.7 Å². The van der Waals surface area contributed by atoms with Gasteiger partial charge in [-0.25, -0.2) is 14.1 Å². The summed E-state index contributed by atoms with van der Waals surface area (Å²) in [6.45, 7) is 6.86. The number of aromatic nitrogens is 4. The van der Waals surface area contributed by atoms with E-state index in [-0.39, 0.29) is 6.61 Å². The number of aliphatic hydroxyl groups is 1. The highest BCUT2D eigenvalue weighted by Gasteiger charge is 1.95. The Bertz CT molecular complexity index is 439. The van der Waals surface area contributed by atoms with Crippen molar-refractivity contribution in [3.05, 3.63) is 35.9 Å². The second-order valence-electron chi connectivity index (χ2n) is 4.07. The molecule has 5 nitrogen and oxygen atoms in total. The van der Waals surface area contributed by atoms with Gasteiger partial charge in [-0.3, -0.25) is 0 Å². The van der Waals surface area contributed by atoms with Gasteiger partial charge in [0.25, 0.3) is 0 Å². The molecule has 0 bridgehead atoms. The Kier molecular flexibility index (Phi) is 4.90. The largest absolute Gasteiger partial charge is 0.392 e. The summed E-state index contributed by atoms with van der Waals surface area (Å²) in [7, 11) is 1.95. The highest BCUT2D eigenvalue weighted by atomic mass is 16.3. The summed E-state index contributed by atoms with van der Waals surface area (Å²) >= 11 is 0. The fourth-order valence-corrected chi connectivity index (χ4v) is 1.47. The standard InChI is InChI=1S/C6H11N2O.C6H10N2/c1-7-2-3-8(6-7)4-5-9;1-4-5(2)8-6(3)7-4/h2-3,6,9H,4-5H2,1H3;1-3H3,(H,7,8)/q+1;. The maximum atomic E-state index is 8.50. The molecule has 0 spiro atoms. The average Bonchev–Trinajstić information content (AvgIpc) is 2.76. The summed E-state index contributed by atoms with van der Waals surface area (Å²) in [5.41, 5.74) is 2.27. The molecule has 2 rings (SSSR count). The van der Waals surface area contributed by atoms with Crippen LogP contribution in [0.3, 0.4) is 0 Å². The molecule has 0 aliphatic carbocycles. The van der Waals surface area contributed by atoms with E-state index in [0.29, 0.717) is 6.54 Å². The molecular weight excluding hydrogens is 216 g/mol. The van der Waals surface area contributed by atoms with Crippen LogP contribution in [-0.2, 0) is 13.6 Å². The Morgan fingerprint density at radius 3 is 2.41 bits per heavy atom. The maximum Gasteiger partial charge on any atom is 0.243 e. The number of hydrogen-bond acceptors (Lipinski definition) is 2. The van der Waals surface area contributed by atoms with Gasteiger partial charge in [-0.05, 0) is 20.8 Å². The van der Waals surface area contributed by atoms with Crippen LogP contribution < -0.4 is 4.57 Å². The zero-order chi connectivity index (χ0) is 12.8. The molecule has 2 N–H and O–H groups in total. The molecule has 0 saturated heterocycles. The number of nitrogens with one attached hydrogen (secondary N) is 1. The fraction of sp³-hybridized carbons (Fsp3) is 0.500. The summed E-state index contributed by atoms with van der Waals surface area (Å²) in [5, 5.41) is 8.50. The smallest absolute Gasteiger partial charge is 0.243 e. The van der Waals surface area contributed by atoms with E-state index >= 15 is 0 Å². The lowest BCUT2D eigenvalue weighted by atomic mass is 10.4. The number of rotatable bonds is 2. The molecule has 0 fully saturated rings. The molecule has 0 amide bonds. The Labute approximate surface area is 102 Å². The number of nitrogens with zero attached hydrogens (tertiary/aromatic N) is 3. The Morgan fingerprint density at radius 1 is 1.41 bits per heavy atom. The zero-order valence-corrected chi connectivity index (χ0v) is 10.9. The third kappa shape index (κ3) is 4.40. The Balaban J connectivity index is 0.000000171. The van der Waals surface area contributed by atoms with Crippen molar-refractivity contribution in [1.82, 2.24) is 14.5 Å². The lowest BCUT2D eigenvalue weighted by Crippen LogP contribution is -2.23. The second kappa shape index (κ2) is 6.20. The molecule has 0 unspecified atom stereocenters. The van der Waals surface area contributed by atoms with Gasteiger partial charge in [0.2, 0.25) is 6.33 Å². The van der Waals surface area contributed by atoms with E-state index in [4.69, 9.17) is 5.11 Å². The molecule has 0 saturated carbocycles. The molecule has 0 atom stereocenters. The van der Waals surface area contributed by atoms with Crippen LogP contribution in [0.5, 0.6) is 0 Å². The van der Waals surface area contributed by atoms with E-state index in [1.165, 1.54) is 5.69 Å². The first kappa shape index (κ1) is 13.4. The van der Waals surface area contributed by atoms with E-state index in [9.17, 15) is 0 Å². The van der Waals surface area contributed by atoms with Crippen LogP contribution in [0.15, 0.2) is 18.7 Å². The van der Waals surface area contributed by atoms with Gasteiger partial charge in [0.15, 0.2) is 0 Å². The van der Waals surface area contributed by atoms with Crippen LogP contribution in [-0.4, -0.2) is 26.2 Å². The third-order valence-electron chi connectivity index (χ3n) is 2.43. The van der Waals surface area contributed by atoms with Crippen molar-refractivity contribution in [3.8, 4) is 0 Å². The van der Waals surface area contributed by atoms with Gasteiger partial charge >= 0.3 is 0 Å². The molecule has 0 radical (unpaired) electrons. The van der Waals surface area contributed by atoms with Crippen LogP contribution in [0.1, 0.15) is 17.2 Å². The Morgan fingerprint density at radius 2 is 2.12 bits per heavy atom. The molecule has 0 aromatic carbocycles. The molecule has 0 aliphatic rings. The lowest BCUT2D eigenvalue weighted by molar-refractivity contribution is -0.671. The minimum Gasteiger partial charge on any atom is -0.392 e. The number of H-pyrrole nitrogens is 1. The highest BCUT2D eigenvalue weighted by molar-refractivity contribution is 5.09. The van der Waals surface area contributed by atoms with Gasteiger partial charge in [0.05, 0.1) is 19.3 Å². The van der Waals surface area contributed by atoms with E-state index < -0.39 is 0 Å². The lowest BCUT2D eigenvalue weighted by Gasteiger charge is -1.86. The van der Waals surface area contributed by atoms with Gasteiger partial charge in [0.1, 0.15) is 24.8 Å². The van der Waals surface area contributed by atoms with Crippen molar-refractivity contribution in [2.75, 3.05) is 6.61 Å². The normalized spacial score (nSPS) is 9.94. The highest BCUT2D eigenvalue weighted by Crippen LogP contribution is 1.99. The Hall–Kier alpha value is -1.62. The van der Waals surface area contributed by atoms with Crippen molar-refractivity contribution in [1.29, 1.82) is 0 Å². The molecule has 17 heavy (non-hydrogen) atoms. The van der Waals surface area contributed by atoms with Crippen LogP contribution >= 0.6 is 0 Å². The fourth-order valence-electron chi connectivity index (χ4n) is 1.47. The van der Waals surface area contributed by atoms with Crippen LogP contribution in [0.4, 0.5) is 0 Å². The molecule has 2 heterocycles. The number of aliphatic hydroxyl groups excluding tert-OH is 1. The van der Waals surface area contributed by atoms with Crippen LogP contribution in [0.2, 0.25) is 0 Å². The van der Waals surface area contributed by atoms with Crippen molar-refractivity contribution in [2.45, 2.75) is 27.3 Å². The monoisotopic (exact) mass is 237 g/mol. The summed E-state index contributed by atoms with van der Waals surface area (Å²) in [6.07, 6.45) is 5.79. The van der Waals surface area contributed by atoms with E-state index in [1.54, 1.807) is 0 Å². The molecule has 5 heteroatoms. The van der Waals surface area contributed by atoms with Gasteiger partial charge in [-0.2, -0.15) is 0 Å². The first-order chi connectivity index (χ1) is 8.02. The first-order valence-electron chi connectivity index (χ1n) is 5.64. The van der Waals surface area contributed by atoms with Gasteiger partial charge in [0, 0.05) is 5.69 Å². The summed E-state index contributed by atoms with van der Waals surface area (Å²) < 4.78 is 3.87. The number of imidazole rings is 2. The predicted octanol–water partition coefficient (Wildman–Crippen LogP) is 0.640. The third-order valence-corrected chi connectivity index (χ3v) is 2.43. The number of aromatic amines is 1. The number of aryl methyl sites for hydroxylation is 4. The van der Waals surface area contributed by atoms with Gasteiger partial charge in [-0.15, -0.1) is 0 Å². The van der Waals surface area contributed by atoms with Gasteiger partial charge < -0.3 is 10.1 Å². The minimum atomic E-state index is 0.203. The second-order valence-corrected chi connectivity index (χ2v) is 4.07. The van der Waals surface area contributed by atoms with Gasteiger partial charge in [-0.1, -0.05) is 0 Å². The molecule has 0 aliphatic heterocycles. The quantitative estimate of drug-likeness (QED) is 0.753. The number of hydrogen-bond donors (Lipinski definition) is 2. The van der Waals surface area contributed by atoms with E-state index in [1.807, 2.05) is 55.7 Å². The molecule has 94 valence electrons. The summed E-state index contributed by atoms with van der Waals surface area (Å²) in [5.74, 6) is 1.00. The van der Waals surface area contributed by atoms with Crippen LogP contribution in [0.25, 0.3) is 0 Å². The summed E-state index contributed by atoms with van der Waals surface area (Å²) in [4.78, 5) is 7.25. The average molecular weight is 237 g/mol. The summed E-state index contributed by atoms with van der Waals surface area (Å²) in [6, 6.07) is 0. The minimum absolute atomic E-state index is 0.203. The molecule has 2 aromatic rings.